The molecule has 6 heteroatoms. The van der Waals surface area contributed by atoms with Crippen molar-refractivity contribution in [3.05, 3.63) is 12.2 Å². The molecule has 0 spiro atoms. The van der Waals surface area contributed by atoms with Gasteiger partial charge >= 0.3 is 12.0 Å². The molecule has 0 bridgehead atoms. The molecule has 3 amide bonds. The van der Waals surface area contributed by atoms with Crippen LogP contribution in [0.5, 0.6) is 0 Å². The van der Waals surface area contributed by atoms with Crippen molar-refractivity contribution in [2.45, 2.75) is 20.8 Å². The van der Waals surface area contributed by atoms with Crippen molar-refractivity contribution < 1.29 is 19.5 Å². The predicted molar refractivity (Wildman–Crippen MR) is 62.3 cm³/mol. The number of hydrogen-bond acceptors (Lipinski definition) is 3. The zero-order chi connectivity index (χ0) is 13.4. The molecule has 0 aliphatic heterocycles. The van der Waals surface area contributed by atoms with Crippen LogP contribution in [0.15, 0.2) is 12.2 Å². The van der Waals surface area contributed by atoms with Crippen LogP contribution in [0.1, 0.15) is 20.8 Å². The lowest BCUT2D eigenvalue weighted by atomic mass is 9.98. The molecule has 17 heavy (non-hydrogen) atoms. The molecule has 0 saturated heterocycles. The quantitative estimate of drug-likeness (QED) is 0.620. The number of amides is 3. The Morgan fingerprint density at radius 3 is 2.24 bits per heavy atom. The van der Waals surface area contributed by atoms with E-state index < -0.39 is 17.9 Å². The maximum absolute atomic E-state index is 11.2. The lowest BCUT2D eigenvalue weighted by Crippen LogP contribution is -2.41. The fourth-order valence-corrected chi connectivity index (χ4v) is 0.834. The SMILES string of the molecule is CC(C)C(C)CNC(=O)NC(=O)C=CC(=O)O. The van der Waals surface area contributed by atoms with E-state index in [2.05, 4.69) is 5.32 Å². The zero-order valence-electron chi connectivity index (χ0n) is 10.2. The van der Waals surface area contributed by atoms with Gasteiger partial charge in [0.25, 0.3) is 5.91 Å². The zero-order valence-corrected chi connectivity index (χ0v) is 10.2. The summed E-state index contributed by atoms with van der Waals surface area (Å²) in [5.74, 6) is -1.28. The molecular weight excluding hydrogens is 224 g/mol. The maximum atomic E-state index is 11.2. The highest BCUT2D eigenvalue weighted by Gasteiger charge is 2.09. The molecule has 0 radical (unpaired) electrons. The third kappa shape index (κ3) is 8.01. The second-order valence-corrected chi connectivity index (χ2v) is 4.09. The maximum Gasteiger partial charge on any atom is 0.328 e. The molecule has 0 fully saturated rings. The summed E-state index contributed by atoms with van der Waals surface area (Å²) in [4.78, 5) is 32.3. The van der Waals surface area contributed by atoms with Gasteiger partial charge in [-0.2, -0.15) is 0 Å². The van der Waals surface area contributed by atoms with Crippen molar-refractivity contribution in [1.82, 2.24) is 10.6 Å². The van der Waals surface area contributed by atoms with Crippen molar-refractivity contribution in [3.63, 3.8) is 0 Å². The summed E-state index contributed by atoms with van der Waals surface area (Å²) in [6.07, 6.45) is 1.45. The van der Waals surface area contributed by atoms with Crippen LogP contribution in [-0.4, -0.2) is 29.6 Å². The Morgan fingerprint density at radius 1 is 1.18 bits per heavy atom. The molecule has 0 aromatic carbocycles. The Kier molecular flexibility index (Phi) is 6.62. The van der Waals surface area contributed by atoms with E-state index in [0.717, 1.165) is 6.08 Å². The minimum absolute atomic E-state index is 0.297. The minimum atomic E-state index is -1.24. The van der Waals surface area contributed by atoms with Gasteiger partial charge in [-0.05, 0) is 11.8 Å². The average Bonchev–Trinajstić information content (AvgIpc) is 2.22. The number of carbonyl (C=O) groups is 3. The standard InChI is InChI=1S/C11H18N2O4/c1-7(2)8(3)6-12-11(17)13-9(14)4-5-10(15)16/h4-5,7-8H,6H2,1-3H3,(H,15,16)(H2,12,13,14,17). The molecule has 0 aromatic heterocycles. The van der Waals surface area contributed by atoms with Crippen LogP contribution in [0, 0.1) is 11.8 Å². The van der Waals surface area contributed by atoms with Gasteiger partial charge in [0.1, 0.15) is 0 Å². The number of hydrogen-bond donors (Lipinski definition) is 3. The van der Waals surface area contributed by atoms with Crippen LogP contribution >= 0.6 is 0 Å². The van der Waals surface area contributed by atoms with Gasteiger partial charge in [0.15, 0.2) is 0 Å². The molecule has 3 N–H and O–H groups in total. The fourth-order valence-electron chi connectivity index (χ4n) is 0.834. The van der Waals surface area contributed by atoms with E-state index in [0.29, 0.717) is 24.5 Å². The monoisotopic (exact) mass is 242 g/mol. The number of urea groups is 1. The van der Waals surface area contributed by atoms with Gasteiger partial charge in [-0.1, -0.05) is 20.8 Å². The van der Waals surface area contributed by atoms with Gasteiger partial charge in [0.2, 0.25) is 0 Å². The molecule has 1 unspecified atom stereocenters. The number of carboxylic acids is 1. The molecule has 96 valence electrons. The first-order valence-corrected chi connectivity index (χ1v) is 5.32. The van der Waals surface area contributed by atoms with E-state index in [9.17, 15) is 14.4 Å². The topological polar surface area (TPSA) is 95.5 Å². The van der Waals surface area contributed by atoms with Gasteiger partial charge in [0.05, 0.1) is 0 Å². The molecule has 6 nitrogen and oxygen atoms in total. The second kappa shape index (κ2) is 7.43. The minimum Gasteiger partial charge on any atom is -0.478 e. The number of nitrogens with one attached hydrogen (secondary N) is 2. The third-order valence-electron chi connectivity index (χ3n) is 2.34. The highest BCUT2D eigenvalue weighted by Crippen LogP contribution is 2.07. The van der Waals surface area contributed by atoms with Crippen molar-refractivity contribution in [1.29, 1.82) is 0 Å². The van der Waals surface area contributed by atoms with Gasteiger partial charge in [-0.25, -0.2) is 9.59 Å². The largest absolute Gasteiger partial charge is 0.478 e. The summed E-state index contributed by atoms with van der Waals surface area (Å²) in [6.45, 7) is 6.51. The van der Waals surface area contributed by atoms with E-state index in [1.165, 1.54) is 0 Å². The molecule has 0 rings (SSSR count). The number of aliphatic carboxylic acids is 1. The van der Waals surface area contributed by atoms with Crippen LogP contribution in [0.2, 0.25) is 0 Å². The number of imide groups is 1. The van der Waals surface area contributed by atoms with E-state index >= 15 is 0 Å². The van der Waals surface area contributed by atoms with Crippen LogP contribution < -0.4 is 10.6 Å². The Balaban J connectivity index is 3.94. The lowest BCUT2D eigenvalue weighted by Gasteiger charge is -2.15. The second-order valence-electron chi connectivity index (χ2n) is 4.09. The van der Waals surface area contributed by atoms with Crippen LogP contribution in [-0.2, 0) is 9.59 Å². The Bertz CT molecular complexity index is 323. The summed E-state index contributed by atoms with van der Waals surface area (Å²) in [7, 11) is 0. The van der Waals surface area contributed by atoms with Gasteiger partial charge in [0, 0.05) is 18.7 Å². The number of rotatable bonds is 5. The van der Waals surface area contributed by atoms with Crippen molar-refractivity contribution in [2.24, 2.45) is 11.8 Å². The molecule has 0 aromatic rings. The van der Waals surface area contributed by atoms with Crippen LogP contribution in [0.4, 0.5) is 4.79 Å². The summed E-state index contributed by atoms with van der Waals surface area (Å²) < 4.78 is 0. The van der Waals surface area contributed by atoms with E-state index in [1.807, 2.05) is 26.1 Å². The highest BCUT2D eigenvalue weighted by atomic mass is 16.4. The summed E-state index contributed by atoms with van der Waals surface area (Å²) >= 11 is 0. The van der Waals surface area contributed by atoms with Gasteiger partial charge in [-0.15, -0.1) is 0 Å². The third-order valence-corrected chi connectivity index (χ3v) is 2.34. The molecule has 0 aliphatic carbocycles. The highest BCUT2D eigenvalue weighted by molar-refractivity contribution is 6.02. The number of carboxylic acid groups (broad SMARTS) is 1. The smallest absolute Gasteiger partial charge is 0.328 e. The Labute approximate surface area is 100 Å². The first-order chi connectivity index (χ1) is 7.82. The first-order valence-electron chi connectivity index (χ1n) is 5.32. The van der Waals surface area contributed by atoms with Crippen molar-refractivity contribution in [2.75, 3.05) is 6.54 Å². The molecule has 0 saturated carbocycles. The molecular formula is C11H18N2O4. The molecule has 0 aliphatic rings. The normalized spacial score (nSPS) is 12.5. The van der Waals surface area contributed by atoms with Crippen molar-refractivity contribution in [3.8, 4) is 0 Å². The Hall–Kier alpha value is -1.85. The van der Waals surface area contributed by atoms with Crippen LogP contribution in [0.3, 0.4) is 0 Å². The van der Waals surface area contributed by atoms with Crippen molar-refractivity contribution >= 4 is 17.9 Å². The van der Waals surface area contributed by atoms with E-state index in [-0.39, 0.29) is 0 Å². The molecule has 0 heterocycles. The lowest BCUT2D eigenvalue weighted by molar-refractivity contribution is -0.131. The van der Waals surface area contributed by atoms with E-state index in [4.69, 9.17) is 5.11 Å². The predicted octanol–water partition coefficient (Wildman–Crippen LogP) is 0.745. The number of carbonyl (C=O) groups excluding carboxylic acids is 2. The average molecular weight is 242 g/mol. The fraction of sp³-hybridized carbons (Fsp3) is 0.545. The van der Waals surface area contributed by atoms with E-state index in [1.54, 1.807) is 0 Å². The van der Waals surface area contributed by atoms with Gasteiger partial charge in [-0.3, -0.25) is 10.1 Å². The van der Waals surface area contributed by atoms with Crippen LogP contribution in [0.25, 0.3) is 0 Å². The molecule has 1 atom stereocenters. The Morgan fingerprint density at radius 2 is 1.76 bits per heavy atom. The summed E-state index contributed by atoms with van der Waals surface area (Å²) in [5, 5.41) is 12.8. The van der Waals surface area contributed by atoms with Gasteiger partial charge < -0.3 is 10.4 Å². The summed E-state index contributed by atoms with van der Waals surface area (Å²) in [5.41, 5.74) is 0. The first kappa shape index (κ1) is 15.2. The summed E-state index contributed by atoms with van der Waals surface area (Å²) in [6, 6.07) is -0.627.